The molecule has 1 aromatic rings. The molecule has 0 fully saturated rings. The number of hydrogen-bond donors (Lipinski definition) is 4. The van der Waals surface area contributed by atoms with E-state index in [9.17, 15) is 5.11 Å². The Morgan fingerprint density at radius 3 is 3.00 bits per heavy atom. The molecule has 1 aliphatic heterocycles. The number of fused-ring (bicyclic) bond motifs is 1. The maximum absolute atomic E-state index is 10.0. The first-order valence-electron chi connectivity index (χ1n) is 7.27. The summed E-state index contributed by atoms with van der Waals surface area (Å²) < 4.78 is 5.78. The molecule has 5 N–H and O–H groups in total. The van der Waals surface area contributed by atoms with Crippen molar-refractivity contribution in [1.29, 1.82) is 0 Å². The third kappa shape index (κ3) is 4.00. The number of aliphatic hydroxyl groups excluding tert-OH is 1. The van der Waals surface area contributed by atoms with Crippen LogP contribution in [-0.4, -0.2) is 50.2 Å². The number of rotatable bonds is 7. The van der Waals surface area contributed by atoms with Gasteiger partial charge < -0.3 is 31.1 Å². The highest BCUT2D eigenvalue weighted by molar-refractivity contribution is 5.80. The molecule has 1 unspecified atom stereocenters. The van der Waals surface area contributed by atoms with Crippen molar-refractivity contribution in [3.63, 3.8) is 0 Å². The largest absolute Gasteiger partial charge is 0.489 e. The first kappa shape index (κ1) is 15.9. The van der Waals surface area contributed by atoms with Crippen molar-refractivity contribution < 1.29 is 9.84 Å². The summed E-state index contributed by atoms with van der Waals surface area (Å²) in [5.74, 6) is 0.789. The van der Waals surface area contributed by atoms with Crippen LogP contribution in [0.1, 0.15) is 13.8 Å². The lowest BCUT2D eigenvalue weighted by Crippen LogP contribution is -2.49. The van der Waals surface area contributed by atoms with Gasteiger partial charge in [0.05, 0.1) is 12.4 Å². The maximum Gasteiger partial charge on any atom is 0.144 e. The third-order valence-electron chi connectivity index (χ3n) is 3.65. The van der Waals surface area contributed by atoms with E-state index in [-0.39, 0.29) is 12.1 Å². The van der Waals surface area contributed by atoms with Crippen LogP contribution in [0.4, 0.5) is 11.4 Å². The average molecular weight is 294 g/mol. The second-order valence-corrected chi connectivity index (χ2v) is 6.12. The van der Waals surface area contributed by atoms with Gasteiger partial charge in [0.15, 0.2) is 0 Å². The molecule has 6 heteroatoms. The Kier molecular flexibility index (Phi) is 4.92. The number of nitrogens with two attached hydrogens (primary N) is 1. The van der Waals surface area contributed by atoms with Crippen LogP contribution in [0.25, 0.3) is 0 Å². The highest BCUT2D eigenvalue weighted by atomic mass is 16.5. The van der Waals surface area contributed by atoms with Gasteiger partial charge in [0.1, 0.15) is 24.1 Å². The molecule has 0 amide bonds. The van der Waals surface area contributed by atoms with E-state index in [0.29, 0.717) is 13.1 Å². The monoisotopic (exact) mass is 294 g/mol. The van der Waals surface area contributed by atoms with Crippen LogP contribution in [-0.2, 0) is 0 Å². The summed E-state index contributed by atoms with van der Waals surface area (Å²) in [4.78, 5) is 2.09. The molecule has 1 heterocycles. The molecular formula is C15H26N4O2. The van der Waals surface area contributed by atoms with E-state index < -0.39 is 6.10 Å². The zero-order valence-corrected chi connectivity index (χ0v) is 13.0. The van der Waals surface area contributed by atoms with Gasteiger partial charge in [-0.1, -0.05) is 6.07 Å². The topological polar surface area (TPSA) is 82.8 Å². The average Bonchev–Trinajstić information content (AvgIpc) is 2.85. The zero-order chi connectivity index (χ0) is 15.5. The van der Waals surface area contributed by atoms with Gasteiger partial charge in [-0.3, -0.25) is 0 Å². The molecule has 0 radical (unpaired) electrons. The smallest absolute Gasteiger partial charge is 0.144 e. The molecule has 1 aromatic carbocycles. The number of nitrogens with zero attached hydrogens (tertiary/aromatic N) is 1. The van der Waals surface area contributed by atoms with Gasteiger partial charge >= 0.3 is 0 Å². The second-order valence-electron chi connectivity index (χ2n) is 6.12. The number of ether oxygens (including phenoxy) is 1. The predicted octanol–water partition coefficient (Wildman–Crippen LogP) is 0.572. The number of β-amino-alcohol motifs (C(OH)–C–C–N with tert-alkyl or cyclic N) is 1. The maximum atomic E-state index is 10.0. The Morgan fingerprint density at radius 2 is 2.29 bits per heavy atom. The second kappa shape index (κ2) is 6.51. The molecule has 0 aliphatic carbocycles. The number of hydrogen-bond acceptors (Lipinski definition) is 6. The van der Waals surface area contributed by atoms with E-state index in [1.807, 2.05) is 39.1 Å². The number of para-hydroxylation sites is 1. The van der Waals surface area contributed by atoms with Crippen molar-refractivity contribution in [2.24, 2.45) is 5.73 Å². The quantitative estimate of drug-likeness (QED) is 0.589. The molecule has 0 spiro atoms. The molecule has 21 heavy (non-hydrogen) atoms. The zero-order valence-electron chi connectivity index (χ0n) is 13.0. The van der Waals surface area contributed by atoms with Crippen LogP contribution >= 0.6 is 0 Å². The van der Waals surface area contributed by atoms with Gasteiger partial charge in [-0.15, -0.1) is 0 Å². The predicted molar refractivity (Wildman–Crippen MR) is 86.0 cm³/mol. The molecule has 118 valence electrons. The lowest BCUT2D eigenvalue weighted by molar-refractivity contribution is 0.0997. The minimum atomic E-state index is -0.577. The van der Waals surface area contributed by atoms with Crippen molar-refractivity contribution in [2.75, 3.05) is 43.6 Å². The third-order valence-corrected chi connectivity index (χ3v) is 3.65. The molecular weight excluding hydrogens is 268 g/mol. The Morgan fingerprint density at radius 1 is 1.52 bits per heavy atom. The molecule has 1 atom stereocenters. The van der Waals surface area contributed by atoms with E-state index in [0.717, 1.165) is 23.8 Å². The first-order chi connectivity index (χ1) is 9.93. The summed E-state index contributed by atoms with van der Waals surface area (Å²) in [5, 5.41) is 16.5. The number of nitrogens with one attached hydrogen (secondary N) is 2. The Hall–Kier alpha value is -1.50. The standard InChI is InChI=1S/C15H26N4O2/c1-15(2,9-16)18-7-11(20)8-21-13-6-4-5-12-14(13)19(3)10-17-12/h4-6,11,17-18,20H,7-10,16H2,1-3H3. The Labute approximate surface area is 126 Å². The summed E-state index contributed by atoms with van der Waals surface area (Å²) in [5.41, 5.74) is 7.57. The normalized spacial score (nSPS) is 15.6. The molecule has 1 aliphatic rings. The minimum Gasteiger partial charge on any atom is -0.489 e. The van der Waals surface area contributed by atoms with Gasteiger partial charge in [0, 0.05) is 25.7 Å². The SMILES string of the molecule is CN1CNc2cccc(OCC(O)CNC(C)(C)CN)c21. The molecule has 0 saturated carbocycles. The lowest BCUT2D eigenvalue weighted by atomic mass is 10.1. The first-order valence-corrected chi connectivity index (χ1v) is 7.27. The number of aliphatic hydroxyl groups is 1. The van der Waals surface area contributed by atoms with Gasteiger partial charge in [0.25, 0.3) is 0 Å². The van der Waals surface area contributed by atoms with Crippen molar-refractivity contribution >= 4 is 11.4 Å². The lowest BCUT2D eigenvalue weighted by Gasteiger charge is -2.26. The highest BCUT2D eigenvalue weighted by Gasteiger charge is 2.21. The van der Waals surface area contributed by atoms with Gasteiger partial charge in [0.2, 0.25) is 0 Å². The summed E-state index contributed by atoms with van der Waals surface area (Å²) in [6, 6.07) is 5.89. The van der Waals surface area contributed by atoms with Crippen molar-refractivity contribution in [3.8, 4) is 5.75 Å². The summed E-state index contributed by atoms with van der Waals surface area (Å²) >= 11 is 0. The van der Waals surface area contributed by atoms with E-state index in [1.165, 1.54) is 0 Å². The number of anilines is 2. The molecule has 0 bridgehead atoms. The molecule has 6 nitrogen and oxygen atoms in total. The van der Waals surface area contributed by atoms with E-state index in [4.69, 9.17) is 10.5 Å². The van der Waals surface area contributed by atoms with Crippen LogP contribution in [0.2, 0.25) is 0 Å². The fourth-order valence-electron chi connectivity index (χ4n) is 2.17. The summed E-state index contributed by atoms with van der Waals surface area (Å²) in [7, 11) is 2.01. The van der Waals surface area contributed by atoms with Gasteiger partial charge in [-0.05, 0) is 26.0 Å². The van der Waals surface area contributed by atoms with E-state index in [1.54, 1.807) is 0 Å². The van der Waals surface area contributed by atoms with Crippen LogP contribution in [0.15, 0.2) is 18.2 Å². The fourth-order valence-corrected chi connectivity index (χ4v) is 2.17. The van der Waals surface area contributed by atoms with E-state index in [2.05, 4.69) is 15.5 Å². The van der Waals surface area contributed by atoms with Crippen LogP contribution < -0.4 is 26.0 Å². The van der Waals surface area contributed by atoms with Gasteiger partial charge in [-0.2, -0.15) is 0 Å². The molecule has 0 aromatic heterocycles. The van der Waals surface area contributed by atoms with E-state index >= 15 is 0 Å². The minimum absolute atomic E-state index is 0.181. The molecule has 0 saturated heterocycles. The fraction of sp³-hybridized carbons (Fsp3) is 0.600. The summed E-state index contributed by atoms with van der Waals surface area (Å²) in [6.45, 7) is 6.00. The van der Waals surface area contributed by atoms with Crippen LogP contribution in [0.3, 0.4) is 0 Å². The van der Waals surface area contributed by atoms with Crippen molar-refractivity contribution in [2.45, 2.75) is 25.5 Å². The van der Waals surface area contributed by atoms with Crippen LogP contribution in [0.5, 0.6) is 5.75 Å². The highest BCUT2D eigenvalue weighted by Crippen LogP contribution is 2.38. The van der Waals surface area contributed by atoms with Crippen molar-refractivity contribution in [3.05, 3.63) is 18.2 Å². The summed E-state index contributed by atoms with van der Waals surface area (Å²) in [6.07, 6.45) is -0.577. The van der Waals surface area contributed by atoms with Gasteiger partial charge in [-0.25, -0.2) is 0 Å². The Balaban J connectivity index is 1.88. The molecule has 2 rings (SSSR count). The van der Waals surface area contributed by atoms with Crippen LogP contribution in [0, 0.1) is 0 Å². The van der Waals surface area contributed by atoms with Crippen molar-refractivity contribution in [1.82, 2.24) is 5.32 Å². The Bertz CT molecular complexity index is 479. The number of benzene rings is 1.